The van der Waals surface area contributed by atoms with Crippen LogP contribution in [0.2, 0.25) is 0 Å². The van der Waals surface area contributed by atoms with Crippen LogP contribution in [0.15, 0.2) is 18.2 Å². The first-order valence-electron chi connectivity index (χ1n) is 8.07. The second-order valence-corrected chi connectivity index (χ2v) is 6.20. The first kappa shape index (κ1) is 15.7. The number of benzene rings is 1. The second kappa shape index (κ2) is 6.54. The Bertz CT molecular complexity index is 613. The zero-order valence-electron chi connectivity index (χ0n) is 13.0. The van der Waals surface area contributed by atoms with Crippen molar-refractivity contribution in [1.82, 2.24) is 4.90 Å². The molecule has 0 saturated carbocycles. The highest BCUT2D eigenvalue weighted by atomic mass is 16.6. The Morgan fingerprint density at radius 1 is 1.22 bits per heavy atom. The summed E-state index contributed by atoms with van der Waals surface area (Å²) in [5.41, 5.74) is 0.881. The molecule has 0 bridgehead atoms. The molecule has 2 aliphatic rings. The smallest absolute Gasteiger partial charge is 0.293 e. The Morgan fingerprint density at radius 3 is 2.61 bits per heavy atom. The molecule has 0 radical (unpaired) electrons. The van der Waals surface area contributed by atoms with Gasteiger partial charge in [0.05, 0.1) is 11.0 Å². The summed E-state index contributed by atoms with van der Waals surface area (Å²) in [6.07, 6.45) is 3.00. The minimum absolute atomic E-state index is 0.0182. The zero-order valence-corrected chi connectivity index (χ0v) is 13.0. The summed E-state index contributed by atoms with van der Waals surface area (Å²) in [5, 5.41) is 21.1. The van der Waals surface area contributed by atoms with Gasteiger partial charge in [0.15, 0.2) is 0 Å². The highest BCUT2D eigenvalue weighted by Crippen LogP contribution is 2.32. The van der Waals surface area contributed by atoms with Crippen LogP contribution in [0.3, 0.4) is 0 Å². The highest BCUT2D eigenvalue weighted by molar-refractivity contribution is 5.96. The third-order valence-corrected chi connectivity index (χ3v) is 4.55. The summed E-state index contributed by atoms with van der Waals surface area (Å²) in [5.74, 6) is -0.250. The lowest BCUT2D eigenvalue weighted by atomic mass is 10.1. The first-order valence-corrected chi connectivity index (χ1v) is 8.07. The van der Waals surface area contributed by atoms with Crippen LogP contribution in [0.1, 0.15) is 36.0 Å². The number of nitro benzene ring substituents is 1. The average Bonchev–Trinajstić information content (AvgIpc) is 3.08. The van der Waals surface area contributed by atoms with Crippen molar-refractivity contribution < 1.29 is 14.8 Å². The summed E-state index contributed by atoms with van der Waals surface area (Å²) in [6.45, 7) is 2.50. The summed E-state index contributed by atoms with van der Waals surface area (Å²) in [7, 11) is 0. The molecule has 124 valence electrons. The van der Waals surface area contributed by atoms with E-state index in [0.29, 0.717) is 30.8 Å². The van der Waals surface area contributed by atoms with E-state index >= 15 is 0 Å². The summed E-state index contributed by atoms with van der Waals surface area (Å²) in [4.78, 5) is 27.1. The fourth-order valence-electron chi connectivity index (χ4n) is 3.35. The van der Waals surface area contributed by atoms with Gasteiger partial charge >= 0.3 is 0 Å². The summed E-state index contributed by atoms with van der Waals surface area (Å²) >= 11 is 0. The van der Waals surface area contributed by atoms with E-state index in [1.165, 1.54) is 6.07 Å². The van der Waals surface area contributed by atoms with Gasteiger partial charge in [0.1, 0.15) is 5.69 Å². The van der Waals surface area contributed by atoms with Gasteiger partial charge in [-0.2, -0.15) is 0 Å². The highest BCUT2D eigenvalue weighted by Gasteiger charge is 2.27. The third kappa shape index (κ3) is 3.29. The molecule has 0 aliphatic carbocycles. The van der Waals surface area contributed by atoms with E-state index in [1.807, 2.05) is 4.90 Å². The third-order valence-electron chi connectivity index (χ3n) is 4.55. The number of nitro groups is 1. The zero-order chi connectivity index (χ0) is 16.4. The van der Waals surface area contributed by atoms with E-state index in [0.717, 1.165) is 32.4 Å². The van der Waals surface area contributed by atoms with Crippen molar-refractivity contribution in [2.45, 2.75) is 31.8 Å². The fraction of sp³-hybridized carbons (Fsp3) is 0.562. The Hall–Kier alpha value is -2.15. The molecule has 1 unspecified atom stereocenters. The predicted molar refractivity (Wildman–Crippen MR) is 85.7 cm³/mol. The molecular formula is C16H21N3O4. The van der Waals surface area contributed by atoms with Crippen LogP contribution in [-0.2, 0) is 0 Å². The Morgan fingerprint density at radius 2 is 1.96 bits per heavy atom. The molecule has 2 aliphatic heterocycles. The van der Waals surface area contributed by atoms with Crippen LogP contribution in [0, 0.1) is 10.1 Å². The van der Waals surface area contributed by atoms with Crippen LogP contribution in [0.4, 0.5) is 11.4 Å². The second-order valence-electron chi connectivity index (χ2n) is 6.20. The molecular weight excluding hydrogens is 298 g/mol. The van der Waals surface area contributed by atoms with E-state index in [4.69, 9.17) is 0 Å². The van der Waals surface area contributed by atoms with Gasteiger partial charge in [-0.15, -0.1) is 0 Å². The molecule has 1 N–H and O–H groups in total. The molecule has 1 atom stereocenters. The minimum atomic E-state index is -0.508. The molecule has 1 aromatic carbocycles. The number of likely N-dealkylation sites (tertiary alicyclic amines) is 1. The maximum absolute atomic E-state index is 12.5. The van der Waals surface area contributed by atoms with Crippen LogP contribution < -0.4 is 4.90 Å². The number of carbonyl (C=O) groups is 1. The van der Waals surface area contributed by atoms with Crippen LogP contribution in [-0.4, -0.2) is 53.1 Å². The van der Waals surface area contributed by atoms with Crippen molar-refractivity contribution in [3.8, 4) is 0 Å². The lowest BCUT2D eigenvalue weighted by Gasteiger charge is -2.30. The van der Waals surface area contributed by atoms with E-state index in [-0.39, 0.29) is 11.6 Å². The van der Waals surface area contributed by atoms with Gasteiger partial charge < -0.3 is 14.9 Å². The topological polar surface area (TPSA) is 86.9 Å². The molecule has 2 heterocycles. The number of aliphatic hydroxyl groups is 1. The van der Waals surface area contributed by atoms with E-state index in [2.05, 4.69) is 0 Å². The molecule has 0 aromatic heterocycles. The molecule has 3 rings (SSSR count). The SMILES string of the molecule is O=C(c1ccc(N2CCCC2)c([N+](=O)[O-])c1)N1CCCC(O)C1. The fourth-order valence-corrected chi connectivity index (χ4v) is 3.35. The largest absolute Gasteiger partial charge is 0.391 e. The van der Waals surface area contributed by atoms with Crippen LogP contribution in [0.5, 0.6) is 0 Å². The number of aliphatic hydroxyl groups excluding tert-OH is 1. The lowest BCUT2D eigenvalue weighted by molar-refractivity contribution is -0.384. The van der Waals surface area contributed by atoms with Crippen molar-refractivity contribution in [2.24, 2.45) is 0 Å². The van der Waals surface area contributed by atoms with Gasteiger partial charge in [0.25, 0.3) is 11.6 Å². The van der Waals surface area contributed by atoms with Gasteiger partial charge in [0, 0.05) is 37.8 Å². The number of hydrogen-bond donors (Lipinski definition) is 1. The van der Waals surface area contributed by atoms with E-state index < -0.39 is 11.0 Å². The number of amides is 1. The van der Waals surface area contributed by atoms with Gasteiger partial charge in [-0.25, -0.2) is 0 Å². The number of anilines is 1. The Kier molecular flexibility index (Phi) is 4.47. The Balaban J connectivity index is 1.86. The number of rotatable bonds is 3. The Labute approximate surface area is 134 Å². The number of hydrogen-bond acceptors (Lipinski definition) is 5. The average molecular weight is 319 g/mol. The van der Waals surface area contributed by atoms with Gasteiger partial charge in [-0.3, -0.25) is 14.9 Å². The molecule has 23 heavy (non-hydrogen) atoms. The van der Waals surface area contributed by atoms with Gasteiger partial charge in [0.2, 0.25) is 0 Å². The van der Waals surface area contributed by atoms with E-state index in [1.54, 1.807) is 17.0 Å². The molecule has 2 saturated heterocycles. The summed E-state index contributed by atoms with van der Waals surface area (Å²) in [6, 6.07) is 4.71. The maximum atomic E-state index is 12.5. The van der Waals surface area contributed by atoms with Crippen molar-refractivity contribution in [2.75, 3.05) is 31.1 Å². The molecule has 1 aromatic rings. The maximum Gasteiger partial charge on any atom is 0.293 e. The molecule has 1 amide bonds. The van der Waals surface area contributed by atoms with Crippen LogP contribution >= 0.6 is 0 Å². The standard InChI is InChI=1S/C16H21N3O4/c20-13-4-3-9-18(11-13)16(21)12-5-6-14(15(10-12)19(22)23)17-7-1-2-8-17/h5-6,10,13,20H,1-4,7-9,11H2. The van der Waals surface area contributed by atoms with Crippen molar-refractivity contribution >= 4 is 17.3 Å². The van der Waals surface area contributed by atoms with Gasteiger partial charge in [-0.1, -0.05) is 0 Å². The molecule has 2 fully saturated rings. The molecule has 7 heteroatoms. The number of β-amino-alcohol motifs (C(OH)–C–C–N with tert-alkyl or cyclic N) is 1. The van der Waals surface area contributed by atoms with Crippen molar-refractivity contribution in [3.63, 3.8) is 0 Å². The summed E-state index contributed by atoms with van der Waals surface area (Å²) < 4.78 is 0. The normalized spacial score (nSPS) is 21.5. The number of nitrogens with zero attached hydrogens (tertiary/aromatic N) is 3. The van der Waals surface area contributed by atoms with E-state index in [9.17, 15) is 20.0 Å². The van der Waals surface area contributed by atoms with Crippen molar-refractivity contribution in [1.29, 1.82) is 0 Å². The first-order chi connectivity index (χ1) is 11.1. The monoisotopic (exact) mass is 319 g/mol. The number of carbonyl (C=O) groups excluding carboxylic acids is 1. The number of piperidine rings is 1. The van der Waals surface area contributed by atoms with Gasteiger partial charge in [-0.05, 0) is 37.8 Å². The molecule has 7 nitrogen and oxygen atoms in total. The molecule has 0 spiro atoms. The van der Waals surface area contributed by atoms with Crippen LogP contribution in [0.25, 0.3) is 0 Å². The lowest BCUT2D eigenvalue weighted by Crippen LogP contribution is -2.42. The predicted octanol–water partition coefficient (Wildman–Crippen LogP) is 1.79. The minimum Gasteiger partial charge on any atom is -0.391 e. The quantitative estimate of drug-likeness (QED) is 0.678. The van der Waals surface area contributed by atoms with Crippen molar-refractivity contribution in [3.05, 3.63) is 33.9 Å².